The van der Waals surface area contributed by atoms with Crippen molar-refractivity contribution >= 4 is 11.3 Å². The highest BCUT2D eigenvalue weighted by atomic mass is 32.1. The molecule has 0 aliphatic heterocycles. The van der Waals surface area contributed by atoms with Gasteiger partial charge in [0.2, 0.25) is 0 Å². The molecule has 0 aliphatic rings. The Morgan fingerprint density at radius 1 is 1.17 bits per heavy atom. The Bertz CT molecular complexity index is 505. The molecule has 0 spiro atoms. The summed E-state index contributed by atoms with van der Waals surface area (Å²) in [6.07, 6.45) is 0.405. The Hall–Kier alpha value is -1.32. The number of aliphatic hydroxyl groups is 1. The molecule has 1 atom stereocenters. The number of thiophene rings is 1. The van der Waals surface area contributed by atoms with Gasteiger partial charge in [-0.15, -0.1) is 11.3 Å². The first kappa shape index (κ1) is 13.1. The molecule has 2 rings (SSSR count). The molecule has 3 heteroatoms. The number of hydrogen-bond donors (Lipinski definition) is 1. The van der Waals surface area contributed by atoms with Crippen LogP contribution in [0.1, 0.15) is 35.3 Å². The molecule has 0 amide bonds. The first-order chi connectivity index (χ1) is 8.76. The van der Waals surface area contributed by atoms with Crippen molar-refractivity contribution in [1.29, 1.82) is 0 Å². The number of para-hydroxylation sites is 1. The van der Waals surface area contributed by atoms with Crippen molar-refractivity contribution < 1.29 is 9.84 Å². The topological polar surface area (TPSA) is 29.5 Å². The molecule has 96 valence electrons. The van der Waals surface area contributed by atoms with Crippen molar-refractivity contribution in [3.05, 3.63) is 51.7 Å². The van der Waals surface area contributed by atoms with E-state index >= 15 is 0 Å². The van der Waals surface area contributed by atoms with Gasteiger partial charge in [0.1, 0.15) is 11.9 Å². The van der Waals surface area contributed by atoms with Crippen LogP contribution in [-0.2, 0) is 6.42 Å². The maximum Gasteiger partial charge on any atom is 0.125 e. The minimum atomic E-state index is -0.599. The summed E-state index contributed by atoms with van der Waals surface area (Å²) in [5, 5.41) is 10.4. The van der Waals surface area contributed by atoms with Gasteiger partial charge in [-0.1, -0.05) is 25.1 Å². The molecule has 1 aromatic carbocycles. The first-order valence-electron chi connectivity index (χ1n) is 6.24. The maximum absolute atomic E-state index is 10.4. The summed E-state index contributed by atoms with van der Waals surface area (Å²) in [4.78, 5) is 2.26. The third kappa shape index (κ3) is 2.74. The third-order valence-corrected chi connectivity index (χ3v) is 4.10. The van der Waals surface area contributed by atoms with Gasteiger partial charge in [0.05, 0.1) is 6.61 Å². The molecule has 0 fully saturated rings. The molecule has 0 aliphatic carbocycles. The lowest BCUT2D eigenvalue weighted by Crippen LogP contribution is -2.02. The van der Waals surface area contributed by atoms with Crippen LogP contribution in [0.5, 0.6) is 5.75 Å². The van der Waals surface area contributed by atoms with Crippen molar-refractivity contribution in [1.82, 2.24) is 0 Å². The van der Waals surface area contributed by atoms with Gasteiger partial charge in [0.15, 0.2) is 0 Å². The van der Waals surface area contributed by atoms with Crippen LogP contribution in [0.15, 0.2) is 36.4 Å². The fourth-order valence-corrected chi connectivity index (χ4v) is 2.84. The maximum atomic E-state index is 10.4. The summed E-state index contributed by atoms with van der Waals surface area (Å²) in [6.45, 7) is 4.67. The van der Waals surface area contributed by atoms with Crippen molar-refractivity contribution in [2.45, 2.75) is 26.4 Å². The molecule has 18 heavy (non-hydrogen) atoms. The summed E-state index contributed by atoms with van der Waals surface area (Å²) < 4.78 is 5.56. The summed E-state index contributed by atoms with van der Waals surface area (Å²) in [7, 11) is 0. The van der Waals surface area contributed by atoms with Gasteiger partial charge in [-0.3, -0.25) is 0 Å². The first-order valence-corrected chi connectivity index (χ1v) is 7.06. The molecule has 1 aromatic heterocycles. The van der Waals surface area contributed by atoms with E-state index in [2.05, 4.69) is 13.0 Å². The van der Waals surface area contributed by atoms with E-state index < -0.39 is 6.10 Å². The highest BCUT2D eigenvalue weighted by Gasteiger charge is 2.16. The van der Waals surface area contributed by atoms with Crippen LogP contribution in [0.25, 0.3) is 0 Å². The predicted octanol–water partition coefficient (Wildman–Crippen LogP) is 3.79. The van der Waals surface area contributed by atoms with E-state index in [4.69, 9.17) is 4.74 Å². The molecule has 0 saturated heterocycles. The van der Waals surface area contributed by atoms with Crippen LogP contribution in [0, 0.1) is 0 Å². The second-order valence-corrected chi connectivity index (χ2v) is 5.23. The van der Waals surface area contributed by atoms with E-state index in [9.17, 15) is 5.11 Å². The lowest BCUT2D eigenvalue weighted by atomic mass is 10.1. The second kappa shape index (κ2) is 6.03. The molecule has 1 unspecified atom stereocenters. The average molecular weight is 262 g/mol. The van der Waals surface area contributed by atoms with E-state index in [-0.39, 0.29) is 0 Å². The van der Waals surface area contributed by atoms with Crippen molar-refractivity contribution in [2.24, 2.45) is 0 Å². The van der Waals surface area contributed by atoms with Crippen molar-refractivity contribution in [3.63, 3.8) is 0 Å². The fraction of sp³-hybridized carbons (Fsp3) is 0.333. The Balaban J connectivity index is 2.29. The van der Waals surface area contributed by atoms with E-state index in [1.54, 1.807) is 11.3 Å². The Morgan fingerprint density at radius 3 is 2.61 bits per heavy atom. The molecular formula is C15H18O2S. The van der Waals surface area contributed by atoms with Crippen molar-refractivity contribution in [3.8, 4) is 5.75 Å². The molecule has 2 aromatic rings. The van der Waals surface area contributed by atoms with Crippen LogP contribution in [-0.4, -0.2) is 11.7 Å². The highest BCUT2D eigenvalue weighted by Crippen LogP contribution is 2.33. The van der Waals surface area contributed by atoms with E-state index in [0.717, 1.165) is 22.6 Å². The zero-order chi connectivity index (χ0) is 13.0. The fourth-order valence-electron chi connectivity index (χ4n) is 1.88. The van der Waals surface area contributed by atoms with E-state index in [0.29, 0.717) is 6.61 Å². The van der Waals surface area contributed by atoms with Gasteiger partial charge in [0, 0.05) is 15.3 Å². The molecule has 0 radical (unpaired) electrons. The standard InChI is InChI=1S/C15H18O2S/c1-3-11-9-10-14(18-11)15(16)12-7-5-6-8-13(12)17-4-2/h5-10,15-16H,3-4H2,1-2H3. The van der Waals surface area contributed by atoms with Gasteiger partial charge in [-0.25, -0.2) is 0 Å². The SMILES string of the molecule is CCOc1ccccc1C(O)c1ccc(CC)s1. The predicted molar refractivity (Wildman–Crippen MR) is 75.4 cm³/mol. The highest BCUT2D eigenvalue weighted by molar-refractivity contribution is 7.12. The van der Waals surface area contributed by atoms with E-state index in [1.165, 1.54) is 4.88 Å². The lowest BCUT2D eigenvalue weighted by Gasteiger charge is -2.14. The van der Waals surface area contributed by atoms with E-state index in [1.807, 2.05) is 37.3 Å². The molecule has 1 N–H and O–H groups in total. The smallest absolute Gasteiger partial charge is 0.125 e. The Labute approximate surface area is 112 Å². The molecule has 0 saturated carbocycles. The number of ether oxygens (including phenoxy) is 1. The third-order valence-electron chi connectivity index (χ3n) is 2.81. The largest absolute Gasteiger partial charge is 0.493 e. The van der Waals surface area contributed by atoms with Crippen LogP contribution >= 0.6 is 11.3 Å². The molecular weight excluding hydrogens is 244 g/mol. The quantitative estimate of drug-likeness (QED) is 0.888. The van der Waals surface area contributed by atoms with Crippen LogP contribution < -0.4 is 4.74 Å². The zero-order valence-corrected chi connectivity index (χ0v) is 11.5. The minimum Gasteiger partial charge on any atom is -0.493 e. The summed E-state index contributed by atoms with van der Waals surface area (Å²) in [5.74, 6) is 0.763. The summed E-state index contributed by atoms with van der Waals surface area (Å²) in [6, 6.07) is 11.7. The van der Waals surface area contributed by atoms with Gasteiger partial charge >= 0.3 is 0 Å². The molecule has 2 nitrogen and oxygen atoms in total. The van der Waals surface area contributed by atoms with Crippen molar-refractivity contribution in [2.75, 3.05) is 6.61 Å². The zero-order valence-electron chi connectivity index (χ0n) is 10.7. The number of hydrogen-bond acceptors (Lipinski definition) is 3. The normalized spacial score (nSPS) is 12.4. The monoisotopic (exact) mass is 262 g/mol. The van der Waals surface area contributed by atoms with Gasteiger partial charge in [-0.05, 0) is 31.5 Å². The number of rotatable bonds is 5. The summed E-state index contributed by atoms with van der Waals surface area (Å²) in [5.41, 5.74) is 0.837. The Morgan fingerprint density at radius 2 is 1.94 bits per heavy atom. The number of aliphatic hydroxyl groups excluding tert-OH is 1. The van der Waals surface area contributed by atoms with Gasteiger partial charge in [0.25, 0.3) is 0 Å². The molecule has 1 heterocycles. The van der Waals surface area contributed by atoms with Gasteiger partial charge in [-0.2, -0.15) is 0 Å². The van der Waals surface area contributed by atoms with Gasteiger partial charge < -0.3 is 9.84 Å². The minimum absolute atomic E-state index is 0.599. The average Bonchev–Trinajstić information content (AvgIpc) is 2.88. The second-order valence-electron chi connectivity index (χ2n) is 4.03. The lowest BCUT2D eigenvalue weighted by molar-refractivity contribution is 0.215. The van der Waals surface area contributed by atoms with Crippen LogP contribution in [0.3, 0.4) is 0 Å². The summed E-state index contributed by atoms with van der Waals surface area (Å²) >= 11 is 1.66. The Kier molecular flexibility index (Phi) is 4.39. The van der Waals surface area contributed by atoms with Crippen LogP contribution in [0.4, 0.5) is 0 Å². The van der Waals surface area contributed by atoms with Crippen LogP contribution in [0.2, 0.25) is 0 Å². The molecule has 0 bridgehead atoms. The number of benzene rings is 1. The number of aryl methyl sites for hydroxylation is 1.